The summed E-state index contributed by atoms with van der Waals surface area (Å²) in [6.45, 7) is 2.97. The van der Waals surface area contributed by atoms with Gasteiger partial charge in [0.1, 0.15) is 12.3 Å². The normalized spacial score (nSPS) is 15.3. The first-order valence-electron chi connectivity index (χ1n) is 15.1. The van der Waals surface area contributed by atoms with E-state index in [1.54, 1.807) is 11.0 Å². The van der Waals surface area contributed by atoms with Crippen LogP contribution in [0.15, 0.2) is 78.9 Å². The van der Waals surface area contributed by atoms with Crippen LogP contribution in [-0.2, 0) is 34.3 Å². The zero-order valence-corrected chi connectivity index (χ0v) is 26.4. The number of aryl methyl sites for hydroxylation is 3. The summed E-state index contributed by atoms with van der Waals surface area (Å²) in [6.07, 6.45) is 3.69. The second-order valence-electron chi connectivity index (χ2n) is 11.3. The smallest absolute Gasteiger partial charge is 0.410 e. The summed E-state index contributed by atoms with van der Waals surface area (Å²) < 4.78 is 36.2. The van der Waals surface area contributed by atoms with Gasteiger partial charge in [-0.2, -0.15) is 0 Å². The lowest BCUT2D eigenvalue weighted by Crippen LogP contribution is -2.45. The number of sulfonamides is 1. The standard InChI is InChI=1S/C34H38ClN3O5S/c1-25-29-18-10-19-30(35)32(29)38(22-11-16-26-12-4-2-5-13-26)31(25)33(39)36-44(41,42)23-20-28-17-8-9-21-37(28)34(40)43-24-27-14-6-3-7-15-27/h2-7,10,12-15,18-19,28H,8-9,11,16-17,20-24H2,1H3,(H,36,39)/t28-/m1/s1. The molecule has 0 aliphatic carbocycles. The maximum atomic E-state index is 13.6. The molecule has 0 spiro atoms. The molecule has 1 atom stereocenters. The minimum atomic E-state index is -4.00. The van der Waals surface area contributed by atoms with Gasteiger partial charge in [-0.1, -0.05) is 84.4 Å². The van der Waals surface area contributed by atoms with Gasteiger partial charge in [-0.15, -0.1) is 0 Å². The molecule has 8 nitrogen and oxygen atoms in total. The number of nitrogens with zero attached hydrogens (tertiary/aromatic N) is 2. The number of hydrogen-bond acceptors (Lipinski definition) is 5. The summed E-state index contributed by atoms with van der Waals surface area (Å²) >= 11 is 6.60. The van der Waals surface area contributed by atoms with Crippen molar-refractivity contribution >= 4 is 44.5 Å². The molecule has 44 heavy (non-hydrogen) atoms. The maximum absolute atomic E-state index is 13.6. The molecule has 3 aromatic carbocycles. The molecule has 1 saturated heterocycles. The second-order valence-corrected chi connectivity index (χ2v) is 13.5. The molecule has 1 N–H and O–H groups in total. The number of fused-ring (bicyclic) bond motifs is 1. The Labute approximate surface area is 264 Å². The second kappa shape index (κ2) is 14.3. The summed E-state index contributed by atoms with van der Waals surface area (Å²) in [4.78, 5) is 28.2. The Hall–Kier alpha value is -3.82. The van der Waals surface area contributed by atoms with E-state index in [9.17, 15) is 18.0 Å². The molecule has 0 bridgehead atoms. The van der Waals surface area contributed by atoms with Crippen LogP contribution in [0.25, 0.3) is 10.9 Å². The summed E-state index contributed by atoms with van der Waals surface area (Å²) in [5.74, 6) is -0.975. The lowest BCUT2D eigenvalue weighted by molar-refractivity contribution is 0.0672. The highest BCUT2D eigenvalue weighted by Crippen LogP contribution is 2.32. The first-order chi connectivity index (χ1) is 21.2. The van der Waals surface area contributed by atoms with Crippen molar-refractivity contribution in [3.05, 3.63) is 106 Å². The van der Waals surface area contributed by atoms with Gasteiger partial charge in [0.2, 0.25) is 10.0 Å². The Morgan fingerprint density at radius 1 is 0.955 bits per heavy atom. The molecule has 4 aromatic rings. The van der Waals surface area contributed by atoms with Gasteiger partial charge in [0.05, 0.1) is 16.3 Å². The average Bonchev–Trinajstić information content (AvgIpc) is 3.32. The molecule has 2 heterocycles. The van der Waals surface area contributed by atoms with Gasteiger partial charge in [-0.3, -0.25) is 4.79 Å². The molecule has 0 radical (unpaired) electrons. The molecule has 1 fully saturated rings. The van der Waals surface area contributed by atoms with Crippen LogP contribution >= 0.6 is 11.6 Å². The van der Waals surface area contributed by atoms with E-state index in [0.717, 1.165) is 36.6 Å². The number of aromatic nitrogens is 1. The van der Waals surface area contributed by atoms with Gasteiger partial charge in [-0.25, -0.2) is 17.9 Å². The van der Waals surface area contributed by atoms with Crippen LogP contribution < -0.4 is 4.72 Å². The van der Waals surface area contributed by atoms with E-state index in [2.05, 4.69) is 16.9 Å². The van der Waals surface area contributed by atoms with E-state index in [1.165, 1.54) is 5.56 Å². The zero-order chi connectivity index (χ0) is 31.1. The molecule has 1 aromatic heterocycles. The third-order valence-electron chi connectivity index (χ3n) is 8.23. The minimum Gasteiger partial charge on any atom is -0.445 e. The fraction of sp³-hybridized carbons (Fsp3) is 0.353. The number of nitrogens with one attached hydrogen (secondary N) is 1. The number of para-hydroxylation sites is 1. The number of benzene rings is 3. The quantitative estimate of drug-likeness (QED) is 0.194. The number of rotatable bonds is 11. The maximum Gasteiger partial charge on any atom is 0.410 e. The van der Waals surface area contributed by atoms with Gasteiger partial charge in [0.15, 0.2) is 0 Å². The van der Waals surface area contributed by atoms with E-state index in [-0.39, 0.29) is 30.5 Å². The predicted octanol–water partition coefficient (Wildman–Crippen LogP) is 6.88. The van der Waals surface area contributed by atoms with E-state index >= 15 is 0 Å². The van der Waals surface area contributed by atoms with Crippen molar-refractivity contribution in [3.8, 4) is 0 Å². The van der Waals surface area contributed by atoms with E-state index in [1.807, 2.05) is 72.2 Å². The molecule has 10 heteroatoms. The predicted molar refractivity (Wildman–Crippen MR) is 173 cm³/mol. The van der Waals surface area contributed by atoms with Crippen LogP contribution in [0.5, 0.6) is 0 Å². The topological polar surface area (TPSA) is 97.7 Å². The number of amides is 2. The van der Waals surface area contributed by atoms with Crippen molar-refractivity contribution in [2.24, 2.45) is 0 Å². The van der Waals surface area contributed by atoms with Crippen molar-refractivity contribution in [1.29, 1.82) is 0 Å². The van der Waals surface area contributed by atoms with Crippen molar-refractivity contribution < 1.29 is 22.7 Å². The first-order valence-corrected chi connectivity index (χ1v) is 17.1. The molecule has 232 valence electrons. The monoisotopic (exact) mass is 635 g/mol. The zero-order valence-electron chi connectivity index (χ0n) is 24.9. The average molecular weight is 636 g/mol. The van der Waals surface area contributed by atoms with E-state index < -0.39 is 22.0 Å². The van der Waals surface area contributed by atoms with Crippen molar-refractivity contribution in [1.82, 2.24) is 14.2 Å². The highest BCUT2D eigenvalue weighted by atomic mass is 35.5. The molecule has 0 saturated carbocycles. The van der Waals surface area contributed by atoms with Crippen LogP contribution in [-0.4, -0.2) is 48.2 Å². The summed E-state index contributed by atoms with van der Waals surface area (Å²) in [5.41, 5.74) is 3.74. The van der Waals surface area contributed by atoms with Gasteiger partial charge in [0.25, 0.3) is 5.91 Å². The van der Waals surface area contributed by atoms with Crippen LogP contribution in [0.3, 0.4) is 0 Å². The SMILES string of the molecule is Cc1c(C(=O)NS(=O)(=O)CC[C@H]2CCCCN2C(=O)OCc2ccccc2)n(CCCc2ccccc2)c2c(Cl)cccc12. The number of ether oxygens (including phenoxy) is 1. The molecular weight excluding hydrogens is 598 g/mol. The highest BCUT2D eigenvalue weighted by molar-refractivity contribution is 7.90. The number of halogens is 1. The van der Waals surface area contributed by atoms with Gasteiger partial charge in [-0.05, 0) is 68.2 Å². The third kappa shape index (κ3) is 7.63. The Kier molecular flexibility index (Phi) is 10.3. The van der Waals surface area contributed by atoms with E-state index in [0.29, 0.717) is 35.6 Å². The molecule has 2 amide bonds. The largest absolute Gasteiger partial charge is 0.445 e. The number of piperidine rings is 1. The third-order valence-corrected chi connectivity index (χ3v) is 9.80. The minimum absolute atomic E-state index is 0.153. The Balaban J connectivity index is 1.26. The van der Waals surface area contributed by atoms with Gasteiger partial charge < -0.3 is 14.2 Å². The summed E-state index contributed by atoms with van der Waals surface area (Å²) in [6, 6.07) is 24.7. The lowest BCUT2D eigenvalue weighted by Gasteiger charge is -2.34. The molecule has 5 rings (SSSR count). The number of hydrogen-bond donors (Lipinski definition) is 1. The highest BCUT2D eigenvalue weighted by Gasteiger charge is 2.30. The van der Waals surface area contributed by atoms with Gasteiger partial charge in [0, 0.05) is 24.5 Å². The van der Waals surface area contributed by atoms with Crippen molar-refractivity contribution in [2.45, 2.75) is 64.6 Å². The molecular formula is C34H38ClN3O5S. The van der Waals surface area contributed by atoms with Gasteiger partial charge >= 0.3 is 6.09 Å². The fourth-order valence-corrected chi connectivity index (χ4v) is 7.35. The first kappa shape index (κ1) is 31.6. The van der Waals surface area contributed by atoms with Crippen LogP contribution in [0.2, 0.25) is 5.02 Å². The lowest BCUT2D eigenvalue weighted by atomic mass is 10.0. The van der Waals surface area contributed by atoms with E-state index in [4.69, 9.17) is 16.3 Å². The Morgan fingerprint density at radius 3 is 2.39 bits per heavy atom. The van der Waals surface area contributed by atoms with Crippen LogP contribution in [0.4, 0.5) is 4.79 Å². The number of carbonyl (C=O) groups excluding carboxylic acids is 2. The molecule has 0 unspecified atom stereocenters. The van der Waals surface area contributed by atoms with Crippen molar-refractivity contribution in [2.75, 3.05) is 12.3 Å². The van der Waals surface area contributed by atoms with Crippen LogP contribution in [0, 0.1) is 6.92 Å². The summed E-state index contributed by atoms with van der Waals surface area (Å²) in [7, 11) is -4.00. The van der Waals surface area contributed by atoms with Crippen molar-refractivity contribution in [3.63, 3.8) is 0 Å². The molecule has 1 aliphatic heterocycles. The number of carbonyl (C=O) groups is 2. The Morgan fingerprint density at radius 2 is 1.66 bits per heavy atom. The Bertz CT molecular complexity index is 1710. The summed E-state index contributed by atoms with van der Waals surface area (Å²) in [5, 5.41) is 1.32. The van der Waals surface area contributed by atoms with Crippen LogP contribution in [0.1, 0.15) is 59.3 Å². The number of likely N-dealkylation sites (tertiary alicyclic amines) is 1. The fourth-order valence-electron chi connectivity index (χ4n) is 6.01. The molecule has 1 aliphatic rings.